The fourth-order valence-corrected chi connectivity index (χ4v) is 1.71. The van der Waals surface area contributed by atoms with Crippen LogP contribution < -0.4 is 10.2 Å². The van der Waals surface area contributed by atoms with E-state index >= 15 is 0 Å². The second kappa shape index (κ2) is 5.36. The highest BCUT2D eigenvalue weighted by Gasteiger charge is 2.10. The van der Waals surface area contributed by atoms with Crippen molar-refractivity contribution in [3.05, 3.63) is 29.0 Å². The molecule has 5 nitrogen and oxygen atoms in total. The second-order valence-corrected chi connectivity index (χ2v) is 4.52. The largest absolute Gasteiger partial charge is 0.357 e. The van der Waals surface area contributed by atoms with Gasteiger partial charge in [-0.1, -0.05) is 11.6 Å². The van der Waals surface area contributed by atoms with Gasteiger partial charge in [0.05, 0.1) is 0 Å². The number of nitrogens with zero attached hydrogens (tertiary/aromatic N) is 4. The Labute approximate surface area is 115 Å². The molecule has 0 saturated heterocycles. The molecule has 0 aliphatic heterocycles. The summed E-state index contributed by atoms with van der Waals surface area (Å²) in [5.41, 5.74) is 0.506. The molecule has 0 unspecified atom stereocenters. The first-order valence-corrected chi connectivity index (χ1v) is 5.95. The predicted molar refractivity (Wildman–Crippen MR) is 74.1 cm³/mol. The fourth-order valence-electron chi connectivity index (χ4n) is 1.49. The van der Waals surface area contributed by atoms with Crippen LogP contribution in [0.1, 0.15) is 0 Å². The van der Waals surface area contributed by atoms with Crippen LogP contribution in [0.25, 0.3) is 11.4 Å². The van der Waals surface area contributed by atoms with Crippen LogP contribution in [0.5, 0.6) is 0 Å². The number of hydrogen-bond donors (Lipinski definition) is 1. The first-order chi connectivity index (χ1) is 8.99. The Kier molecular flexibility index (Phi) is 3.80. The van der Waals surface area contributed by atoms with Crippen LogP contribution in [0.2, 0.25) is 5.02 Å². The lowest BCUT2D eigenvalue weighted by molar-refractivity contribution is 0.628. The van der Waals surface area contributed by atoms with E-state index in [2.05, 4.69) is 20.3 Å². The Morgan fingerprint density at radius 2 is 1.89 bits per heavy atom. The van der Waals surface area contributed by atoms with E-state index in [1.165, 1.54) is 12.1 Å². The highest BCUT2D eigenvalue weighted by atomic mass is 35.5. The van der Waals surface area contributed by atoms with Gasteiger partial charge in [0.25, 0.3) is 0 Å². The van der Waals surface area contributed by atoms with Crippen molar-refractivity contribution in [3.8, 4) is 11.4 Å². The predicted octanol–water partition coefficient (Wildman–Crippen LogP) is 2.44. The summed E-state index contributed by atoms with van der Waals surface area (Å²) in [6.45, 7) is 0. The average Bonchev–Trinajstić information content (AvgIpc) is 2.37. The molecule has 1 heterocycles. The summed E-state index contributed by atoms with van der Waals surface area (Å²) in [5, 5.41) is 3.14. The molecular formula is C12H13ClFN5. The average molecular weight is 282 g/mol. The van der Waals surface area contributed by atoms with Crippen LogP contribution in [0.15, 0.2) is 18.2 Å². The minimum Gasteiger partial charge on any atom is -0.357 e. The molecular weight excluding hydrogens is 269 g/mol. The van der Waals surface area contributed by atoms with Crippen molar-refractivity contribution in [2.24, 2.45) is 0 Å². The lowest BCUT2D eigenvalue weighted by Gasteiger charge is -2.12. The Hall–Kier alpha value is -1.95. The van der Waals surface area contributed by atoms with Crippen molar-refractivity contribution >= 4 is 23.5 Å². The quantitative estimate of drug-likeness (QED) is 0.936. The van der Waals surface area contributed by atoms with E-state index in [1.807, 2.05) is 14.1 Å². The molecule has 100 valence electrons. The summed E-state index contributed by atoms with van der Waals surface area (Å²) >= 11 is 5.84. The normalized spacial score (nSPS) is 10.4. The molecule has 1 N–H and O–H groups in total. The smallest absolute Gasteiger partial charge is 0.230 e. The van der Waals surface area contributed by atoms with Crippen molar-refractivity contribution in [3.63, 3.8) is 0 Å². The van der Waals surface area contributed by atoms with Crippen molar-refractivity contribution in [2.45, 2.75) is 0 Å². The van der Waals surface area contributed by atoms with Gasteiger partial charge in [-0.05, 0) is 18.2 Å². The number of halogens is 2. The molecule has 0 bridgehead atoms. The highest BCUT2D eigenvalue weighted by Crippen LogP contribution is 2.23. The molecule has 2 aromatic rings. The van der Waals surface area contributed by atoms with E-state index in [-0.39, 0.29) is 0 Å². The summed E-state index contributed by atoms with van der Waals surface area (Å²) in [5.74, 6) is 0.827. The SMILES string of the molecule is CNc1nc(-c2cc(F)cc(Cl)c2)nc(N(C)C)n1. The Morgan fingerprint density at radius 3 is 2.47 bits per heavy atom. The monoisotopic (exact) mass is 281 g/mol. The third-order valence-electron chi connectivity index (χ3n) is 2.37. The maximum atomic E-state index is 13.4. The van der Waals surface area contributed by atoms with E-state index in [4.69, 9.17) is 11.6 Å². The molecule has 0 spiro atoms. The zero-order chi connectivity index (χ0) is 14.0. The Bertz CT molecular complexity index is 582. The number of anilines is 2. The topological polar surface area (TPSA) is 53.9 Å². The molecule has 0 fully saturated rings. The van der Waals surface area contributed by atoms with Crippen LogP contribution in [-0.4, -0.2) is 36.1 Å². The molecule has 0 aliphatic carbocycles. The molecule has 0 radical (unpaired) electrons. The summed E-state index contributed by atoms with van der Waals surface area (Å²) in [7, 11) is 5.34. The third-order valence-corrected chi connectivity index (χ3v) is 2.59. The number of aromatic nitrogens is 3. The van der Waals surface area contributed by atoms with Crippen LogP contribution in [0, 0.1) is 5.82 Å². The van der Waals surface area contributed by atoms with Crippen LogP contribution in [-0.2, 0) is 0 Å². The molecule has 1 aromatic carbocycles. The summed E-state index contributed by atoms with van der Waals surface area (Å²) in [6.07, 6.45) is 0. The lowest BCUT2D eigenvalue weighted by atomic mass is 10.2. The van der Waals surface area contributed by atoms with E-state index < -0.39 is 5.82 Å². The van der Waals surface area contributed by atoms with Crippen LogP contribution in [0.3, 0.4) is 0 Å². The zero-order valence-electron chi connectivity index (χ0n) is 10.8. The number of benzene rings is 1. The minimum atomic E-state index is -0.430. The second-order valence-electron chi connectivity index (χ2n) is 4.09. The van der Waals surface area contributed by atoms with Gasteiger partial charge in [0.2, 0.25) is 11.9 Å². The maximum Gasteiger partial charge on any atom is 0.230 e. The number of hydrogen-bond acceptors (Lipinski definition) is 5. The lowest BCUT2D eigenvalue weighted by Crippen LogP contribution is -2.15. The van der Waals surface area contributed by atoms with Gasteiger partial charge in [-0.25, -0.2) is 4.39 Å². The first-order valence-electron chi connectivity index (χ1n) is 5.57. The van der Waals surface area contributed by atoms with Gasteiger partial charge in [0.15, 0.2) is 5.82 Å². The molecule has 7 heteroatoms. The highest BCUT2D eigenvalue weighted by molar-refractivity contribution is 6.30. The number of rotatable bonds is 3. The molecule has 0 aliphatic rings. The van der Waals surface area contributed by atoms with E-state index in [9.17, 15) is 4.39 Å². The summed E-state index contributed by atoms with van der Waals surface area (Å²) < 4.78 is 13.4. The van der Waals surface area contributed by atoms with Gasteiger partial charge in [-0.15, -0.1) is 0 Å². The van der Waals surface area contributed by atoms with Gasteiger partial charge >= 0.3 is 0 Å². The summed E-state index contributed by atoms with van der Waals surface area (Å²) in [6, 6.07) is 4.18. The van der Waals surface area contributed by atoms with Gasteiger partial charge in [-0.2, -0.15) is 15.0 Å². The van der Waals surface area contributed by atoms with Crippen molar-refractivity contribution in [2.75, 3.05) is 31.4 Å². The molecule has 0 atom stereocenters. The Balaban J connectivity index is 2.57. The first kappa shape index (κ1) is 13.5. The van der Waals surface area contributed by atoms with Crippen LogP contribution >= 0.6 is 11.6 Å². The molecule has 19 heavy (non-hydrogen) atoms. The molecule has 1 aromatic heterocycles. The molecule has 0 amide bonds. The van der Waals surface area contributed by atoms with Crippen molar-refractivity contribution in [1.82, 2.24) is 15.0 Å². The van der Waals surface area contributed by atoms with Crippen LogP contribution in [0.4, 0.5) is 16.3 Å². The van der Waals surface area contributed by atoms with E-state index in [0.29, 0.717) is 28.3 Å². The van der Waals surface area contributed by atoms with Crippen molar-refractivity contribution in [1.29, 1.82) is 0 Å². The van der Waals surface area contributed by atoms with Gasteiger partial charge in [0, 0.05) is 31.7 Å². The molecule has 2 rings (SSSR count). The van der Waals surface area contributed by atoms with E-state index in [1.54, 1.807) is 18.0 Å². The maximum absolute atomic E-state index is 13.4. The Morgan fingerprint density at radius 1 is 1.16 bits per heavy atom. The standard InChI is InChI=1S/C12H13ClFN5/c1-15-11-16-10(17-12(18-11)19(2)3)7-4-8(13)6-9(14)5-7/h4-6H,1-3H3,(H,15,16,17,18). The number of nitrogens with one attached hydrogen (secondary N) is 1. The summed E-state index contributed by atoms with van der Waals surface area (Å²) in [4.78, 5) is 14.4. The van der Waals surface area contributed by atoms with Gasteiger partial charge < -0.3 is 10.2 Å². The zero-order valence-corrected chi connectivity index (χ0v) is 11.5. The van der Waals surface area contributed by atoms with E-state index in [0.717, 1.165) is 0 Å². The molecule has 0 saturated carbocycles. The third kappa shape index (κ3) is 3.08. The van der Waals surface area contributed by atoms with Gasteiger partial charge in [0.1, 0.15) is 5.82 Å². The fraction of sp³-hybridized carbons (Fsp3) is 0.250. The minimum absolute atomic E-state index is 0.299. The van der Waals surface area contributed by atoms with Crippen molar-refractivity contribution < 1.29 is 4.39 Å². The van der Waals surface area contributed by atoms with Gasteiger partial charge in [-0.3, -0.25) is 0 Å².